The molecule has 1 saturated carbocycles. The van der Waals surface area contributed by atoms with E-state index >= 15 is 0 Å². The summed E-state index contributed by atoms with van der Waals surface area (Å²) < 4.78 is 0.829. The lowest BCUT2D eigenvalue weighted by Gasteiger charge is -2.03. The van der Waals surface area contributed by atoms with E-state index in [4.69, 9.17) is 0 Å². The maximum atomic E-state index is 11.9. The second kappa shape index (κ2) is 8.96. The number of carbonyl (C=O) groups is 2. The number of nitrogens with zero attached hydrogens (tertiary/aromatic N) is 2. The predicted octanol–water partition coefficient (Wildman–Crippen LogP) is 3.08. The van der Waals surface area contributed by atoms with E-state index in [2.05, 4.69) is 33.0 Å². The summed E-state index contributed by atoms with van der Waals surface area (Å²) in [6.45, 7) is 0.539. The average molecular weight is 377 g/mol. The van der Waals surface area contributed by atoms with Crippen molar-refractivity contribution in [2.45, 2.75) is 35.8 Å². The number of anilines is 1. The monoisotopic (exact) mass is 376 g/mol. The molecule has 0 spiro atoms. The molecule has 0 bridgehead atoms. The standard InChI is InChI=1S/C17H20N4O2S2/c22-14(7-4-10-18-15(23)13-8-9-13)19-16-20-21-17(25-16)24-11-12-5-2-1-3-6-12/h1-3,5-6,13H,4,7-11H2,(H,18,23)(H,19,20,22). The van der Waals surface area contributed by atoms with Gasteiger partial charge in [-0.3, -0.25) is 9.59 Å². The minimum Gasteiger partial charge on any atom is -0.356 e. The van der Waals surface area contributed by atoms with Crippen molar-refractivity contribution in [2.75, 3.05) is 11.9 Å². The number of hydrogen-bond donors (Lipinski definition) is 2. The number of aromatic nitrogens is 2. The molecule has 1 aromatic carbocycles. The largest absolute Gasteiger partial charge is 0.356 e. The fourth-order valence-corrected chi connectivity index (χ4v) is 3.89. The van der Waals surface area contributed by atoms with Crippen molar-refractivity contribution in [1.29, 1.82) is 0 Å². The van der Waals surface area contributed by atoms with E-state index < -0.39 is 0 Å². The molecule has 1 aromatic heterocycles. The highest BCUT2D eigenvalue weighted by atomic mass is 32.2. The van der Waals surface area contributed by atoms with Gasteiger partial charge in [0.1, 0.15) is 0 Å². The van der Waals surface area contributed by atoms with E-state index in [9.17, 15) is 9.59 Å². The highest BCUT2D eigenvalue weighted by Crippen LogP contribution is 2.29. The summed E-state index contributed by atoms with van der Waals surface area (Å²) in [5.74, 6) is 1.05. The molecule has 1 fully saturated rings. The Labute approximate surface area is 154 Å². The van der Waals surface area contributed by atoms with Crippen molar-refractivity contribution >= 4 is 40.0 Å². The lowest BCUT2D eigenvalue weighted by Crippen LogP contribution is -2.26. The summed E-state index contributed by atoms with van der Waals surface area (Å²) in [4.78, 5) is 23.4. The van der Waals surface area contributed by atoms with Crippen molar-refractivity contribution in [3.63, 3.8) is 0 Å². The van der Waals surface area contributed by atoms with Crippen LogP contribution in [0, 0.1) is 5.92 Å². The number of hydrogen-bond acceptors (Lipinski definition) is 6. The molecule has 2 amide bonds. The number of amides is 2. The van der Waals surface area contributed by atoms with E-state index in [-0.39, 0.29) is 17.7 Å². The SMILES string of the molecule is O=C(CCCNC(=O)C1CC1)Nc1nnc(SCc2ccccc2)s1. The Kier molecular flexibility index (Phi) is 6.41. The minimum atomic E-state index is -0.101. The third-order valence-corrected chi connectivity index (χ3v) is 5.73. The number of rotatable bonds is 9. The first kappa shape index (κ1) is 17.9. The van der Waals surface area contributed by atoms with Crippen molar-refractivity contribution in [3.05, 3.63) is 35.9 Å². The van der Waals surface area contributed by atoms with Gasteiger partial charge in [0.2, 0.25) is 16.9 Å². The molecule has 3 rings (SSSR count). The van der Waals surface area contributed by atoms with Gasteiger partial charge in [0.25, 0.3) is 0 Å². The third kappa shape index (κ3) is 6.13. The summed E-state index contributed by atoms with van der Waals surface area (Å²) in [6, 6.07) is 10.1. The van der Waals surface area contributed by atoms with Gasteiger partial charge < -0.3 is 10.6 Å². The summed E-state index contributed by atoms with van der Waals surface area (Å²) >= 11 is 2.98. The quantitative estimate of drug-likeness (QED) is 0.399. The van der Waals surface area contributed by atoms with Gasteiger partial charge in [0.15, 0.2) is 4.34 Å². The predicted molar refractivity (Wildman–Crippen MR) is 99.5 cm³/mol. The Morgan fingerprint density at radius 1 is 1.20 bits per heavy atom. The summed E-state index contributed by atoms with van der Waals surface area (Å²) in [6.07, 6.45) is 2.97. The van der Waals surface area contributed by atoms with E-state index in [0.29, 0.717) is 24.5 Å². The van der Waals surface area contributed by atoms with E-state index in [1.165, 1.54) is 16.9 Å². The van der Waals surface area contributed by atoms with Crippen LogP contribution >= 0.6 is 23.1 Å². The van der Waals surface area contributed by atoms with Crippen LogP contribution in [0.25, 0.3) is 0 Å². The van der Waals surface area contributed by atoms with Gasteiger partial charge in [0, 0.05) is 24.6 Å². The first-order valence-corrected chi connectivity index (χ1v) is 10.1. The average Bonchev–Trinajstić information content (AvgIpc) is 3.39. The highest BCUT2D eigenvalue weighted by molar-refractivity contribution is 8.00. The second-order valence-electron chi connectivity index (χ2n) is 5.86. The van der Waals surface area contributed by atoms with Gasteiger partial charge in [-0.25, -0.2) is 0 Å². The molecular formula is C17H20N4O2S2. The summed E-state index contributed by atoms with van der Waals surface area (Å²) in [5, 5.41) is 14.2. The van der Waals surface area contributed by atoms with Crippen LogP contribution in [0.15, 0.2) is 34.7 Å². The molecule has 1 aliphatic rings. The van der Waals surface area contributed by atoms with Gasteiger partial charge in [-0.15, -0.1) is 10.2 Å². The Morgan fingerprint density at radius 3 is 2.76 bits per heavy atom. The molecule has 1 heterocycles. The zero-order chi connectivity index (χ0) is 17.5. The van der Waals surface area contributed by atoms with Gasteiger partial charge in [0.05, 0.1) is 0 Å². The van der Waals surface area contributed by atoms with Crippen molar-refractivity contribution < 1.29 is 9.59 Å². The lowest BCUT2D eigenvalue weighted by molar-refractivity contribution is -0.122. The molecule has 8 heteroatoms. The van der Waals surface area contributed by atoms with Gasteiger partial charge in [-0.05, 0) is 24.8 Å². The molecule has 1 aliphatic carbocycles. The molecule has 0 saturated heterocycles. The van der Waals surface area contributed by atoms with Crippen molar-refractivity contribution in [3.8, 4) is 0 Å². The van der Waals surface area contributed by atoms with Crippen molar-refractivity contribution in [1.82, 2.24) is 15.5 Å². The molecule has 0 atom stereocenters. The zero-order valence-electron chi connectivity index (χ0n) is 13.7. The van der Waals surface area contributed by atoms with Crippen LogP contribution in [0.1, 0.15) is 31.2 Å². The van der Waals surface area contributed by atoms with Gasteiger partial charge in [-0.2, -0.15) is 0 Å². The lowest BCUT2D eigenvalue weighted by atomic mass is 10.2. The van der Waals surface area contributed by atoms with Crippen LogP contribution in [0.2, 0.25) is 0 Å². The first-order valence-electron chi connectivity index (χ1n) is 8.28. The fraction of sp³-hybridized carbons (Fsp3) is 0.412. The van der Waals surface area contributed by atoms with Crippen LogP contribution in [0.3, 0.4) is 0 Å². The Balaban J connectivity index is 1.34. The molecular weight excluding hydrogens is 356 g/mol. The Morgan fingerprint density at radius 2 is 2.00 bits per heavy atom. The summed E-state index contributed by atoms with van der Waals surface area (Å²) in [5.41, 5.74) is 1.22. The van der Waals surface area contributed by atoms with E-state index in [1.807, 2.05) is 18.2 Å². The number of carbonyl (C=O) groups excluding carboxylic acids is 2. The van der Waals surface area contributed by atoms with Crippen LogP contribution in [-0.4, -0.2) is 28.6 Å². The topological polar surface area (TPSA) is 84.0 Å². The Bertz CT molecular complexity index is 716. The van der Waals surface area contributed by atoms with Gasteiger partial charge in [-0.1, -0.05) is 53.4 Å². The third-order valence-electron chi connectivity index (χ3n) is 3.69. The van der Waals surface area contributed by atoms with Crippen LogP contribution < -0.4 is 10.6 Å². The van der Waals surface area contributed by atoms with E-state index in [0.717, 1.165) is 22.9 Å². The molecule has 25 heavy (non-hydrogen) atoms. The molecule has 2 N–H and O–H groups in total. The molecule has 0 unspecified atom stereocenters. The maximum absolute atomic E-state index is 11.9. The highest BCUT2D eigenvalue weighted by Gasteiger charge is 2.28. The molecule has 0 aliphatic heterocycles. The normalized spacial score (nSPS) is 13.4. The molecule has 132 valence electrons. The number of nitrogens with one attached hydrogen (secondary N) is 2. The van der Waals surface area contributed by atoms with Crippen molar-refractivity contribution in [2.24, 2.45) is 5.92 Å². The van der Waals surface area contributed by atoms with Gasteiger partial charge >= 0.3 is 0 Å². The van der Waals surface area contributed by atoms with Crippen LogP contribution in [0.5, 0.6) is 0 Å². The maximum Gasteiger partial charge on any atom is 0.226 e. The first-order chi connectivity index (χ1) is 12.2. The van der Waals surface area contributed by atoms with Crippen LogP contribution in [0.4, 0.5) is 5.13 Å². The minimum absolute atomic E-state index is 0.101. The fourth-order valence-electron chi connectivity index (χ4n) is 2.17. The second-order valence-corrected chi connectivity index (χ2v) is 8.06. The summed E-state index contributed by atoms with van der Waals surface area (Å²) in [7, 11) is 0. The molecule has 2 aromatic rings. The molecule has 0 radical (unpaired) electrons. The number of thioether (sulfide) groups is 1. The number of benzene rings is 1. The smallest absolute Gasteiger partial charge is 0.226 e. The van der Waals surface area contributed by atoms with Crippen LogP contribution in [-0.2, 0) is 15.3 Å². The molecule has 6 nitrogen and oxygen atoms in total. The van der Waals surface area contributed by atoms with E-state index in [1.54, 1.807) is 11.8 Å². The Hall–Kier alpha value is -1.93. The zero-order valence-corrected chi connectivity index (χ0v) is 15.4.